The molecule has 12 heteroatoms. The van der Waals surface area contributed by atoms with Crippen molar-refractivity contribution in [2.75, 3.05) is 46.5 Å². The molecule has 0 radical (unpaired) electrons. The minimum absolute atomic E-state index is 0.161. The van der Waals surface area contributed by atoms with Crippen LogP contribution in [0.15, 0.2) is 83.8 Å². The van der Waals surface area contributed by atoms with Gasteiger partial charge in [0.1, 0.15) is 22.2 Å². The zero-order valence-corrected chi connectivity index (χ0v) is 28.1. The van der Waals surface area contributed by atoms with Gasteiger partial charge in [0, 0.05) is 48.5 Å². The molecule has 1 saturated heterocycles. The van der Waals surface area contributed by atoms with Crippen LogP contribution in [0.5, 0.6) is 5.75 Å². The summed E-state index contributed by atoms with van der Waals surface area (Å²) in [6.07, 6.45) is 3.61. The van der Waals surface area contributed by atoms with Gasteiger partial charge in [0.2, 0.25) is 0 Å². The number of aromatic nitrogens is 3. The number of thiazole rings is 1. The highest BCUT2D eigenvalue weighted by molar-refractivity contribution is 7.07. The van der Waals surface area contributed by atoms with Gasteiger partial charge in [0.15, 0.2) is 5.57 Å². The Labute approximate surface area is 286 Å². The molecule has 3 aromatic carbocycles. The number of amides is 1. The highest BCUT2D eigenvalue weighted by Crippen LogP contribution is 2.26. The Bertz CT molecular complexity index is 2160. The number of nitrogens with zero attached hydrogens (tertiary/aromatic N) is 5. The van der Waals surface area contributed by atoms with Crippen molar-refractivity contribution >= 4 is 40.5 Å². The molecule has 48 heavy (non-hydrogen) atoms. The molecule has 0 saturated carbocycles. The number of ether oxygens (including phenoxy) is 2. The zero-order chi connectivity index (χ0) is 33.6. The van der Waals surface area contributed by atoms with Crippen LogP contribution in [0.3, 0.4) is 0 Å². The summed E-state index contributed by atoms with van der Waals surface area (Å²) in [5.41, 5.74) is 3.72. The number of benzene rings is 3. The van der Waals surface area contributed by atoms with E-state index in [2.05, 4.69) is 16.3 Å². The second kappa shape index (κ2) is 14.8. The number of hydrogen-bond acceptors (Lipinski definition) is 8. The van der Waals surface area contributed by atoms with E-state index in [1.54, 1.807) is 36.1 Å². The molecule has 0 spiro atoms. The van der Waals surface area contributed by atoms with E-state index >= 15 is 0 Å². The van der Waals surface area contributed by atoms with Gasteiger partial charge in [-0.2, -0.15) is 10.4 Å². The molecule has 1 aliphatic heterocycles. The van der Waals surface area contributed by atoms with Crippen molar-refractivity contribution in [1.82, 2.24) is 24.6 Å². The molecule has 1 aliphatic rings. The summed E-state index contributed by atoms with van der Waals surface area (Å²) in [4.78, 5) is 29.9. The van der Waals surface area contributed by atoms with Gasteiger partial charge in [-0.3, -0.25) is 19.1 Å². The Morgan fingerprint density at radius 1 is 1.10 bits per heavy atom. The van der Waals surface area contributed by atoms with Crippen LogP contribution in [-0.4, -0.2) is 71.7 Å². The highest BCUT2D eigenvalue weighted by Gasteiger charge is 2.19. The van der Waals surface area contributed by atoms with Crippen molar-refractivity contribution < 1.29 is 14.3 Å². The number of nitriles is 1. The molecule has 0 atom stereocenters. The van der Waals surface area contributed by atoms with Crippen molar-refractivity contribution in [3.63, 3.8) is 0 Å². The summed E-state index contributed by atoms with van der Waals surface area (Å²) in [6.45, 7) is 5.68. The first-order valence-corrected chi connectivity index (χ1v) is 16.6. The third kappa shape index (κ3) is 7.12. The molecule has 1 amide bonds. The lowest BCUT2D eigenvalue weighted by atomic mass is 10.1. The van der Waals surface area contributed by atoms with Crippen LogP contribution >= 0.6 is 22.9 Å². The number of nitrogens with one attached hydrogen (secondary N) is 1. The second-order valence-corrected chi connectivity index (χ2v) is 12.6. The maximum absolute atomic E-state index is 14.2. The maximum atomic E-state index is 14.2. The molecule has 10 nitrogen and oxygen atoms in total. The molecule has 1 N–H and O–H groups in total. The van der Waals surface area contributed by atoms with Crippen molar-refractivity contribution in [3.8, 4) is 34.5 Å². The van der Waals surface area contributed by atoms with E-state index in [9.17, 15) is 14.9 Å². The Morgan fingerprint density at radius 3 is 2.54 bits per heavy atom. The summed E-state index contributed by atoms with van der Waals surface area (Å²) >= 11 is 7.56. The van der Waals surface area contributed by atoms with Gasteiger partial charge in [0.05, 0.1) is 36.2 Å². The van der Waals surface area contributed by atoms with Crippen LogP contribution in [0.1, 0.15) is 11.1 Å². The van der Waals surface area contributed by atoms with Crippen molar-refractivity contribution in [2.45, 2.75) is 6.92 Å². The number of aryl methyl sites for hydroxylation is 1. The van der Waals surface area contributed by atoms with E-state index < -0.39 is 11.5 Å². The molecule has 5 aromatic rings. The van der Waals surface area contributed by atoms with E-state index in [1.807, 2.05) is 67.7 Å². The van der Waals surface area contributed by atoms with E-state index in [4.69, 9.17) is 26.2 Å². The number of morpholine rings is 1. The van der Waals surface area contributed by atoms with Gasteiger partial charge in [-0.15, -0.1) is 11.3 Å². The van der Waals surface area contributed by atoms with Gasteiger partial charge in [-0.25, -0.2) is 4.68 Å². The van der Waals surface area contributed by atoms with Crippen LogP contribution in [0, 0.1) is 18.3 Å². The number of carbonyl (C=O) groups is 1. The van der Waals surface area contributed by atoms with Crippen LogP contribution in [0.25, 0.3) is 34.3 Å². The summed E-state index contributed by atoms with van der Waals surface area (Å²) in [6, 6.07) is 24.5. The van der Waals surface area contributed by atoms with Crippen LogP contribution in [0.4, 0.5) is 0 Å². The number of carbonyl (C=O) groups excluding carboxylic acids is 1. The molecule has 0 unspecified atom stereocenters. The predicted octanol–water partition coefficient (Wildman–Crippen LogP) is 3.67. The van der Waals surface area contributed by atoms with E-state index in [0.29, 0.717) is 58.6 Å². The molecular formula is C36H33ClN6O4S. The highest BCUT2D eigenvalue weighted by atomic mass is 35.5. The second-order valence-electron chi connectivity index (χ2n) is 11.1. The van der Waals surface area contributed by atoms with Crippen LogP contribution < -0.4 is 24.8 Å². The lowest BCUT2D eigenvalue weighted by molar-refractivity contribution is -0.115. The van der Waals surface area contributed by atoms with Crippen LogP contribution in [0.2, 0.25) is 5.02 Å². The molecule has 0 bridgehead atoms. The minimum Gasteiger partial charge on any atom is -0.497 e. The number of hydrogen-bond donors (Lipinski definition) is 1. The number of rotatable bonds is 9. The van der Waals surface area contributed by atoms with Gasteiger partial charge >= 0.3 is 0 Å². The fraction of sp³-hybridized carbons (Fsp3) is 0.222. The quantitative estimate of drug-likeness (QED) is 0.253. The summed E-state index contributed by atoms with van der Waals surface area (Å²) in [5.74, 6) is 0.151. The first-order chi connectivity index (χ1) is 23.4. The number of methoxy groups -OCH3 is 1. The first kappa shape index (κ1) is 32.9. The minimum atomic E-state index is -0.554. The first-order valence-electron chi connectivity index (χ1n) is 15.4. The molecule has 2 aromatic heterocycles. The standard InChI is InChI=1S/C36H33ClN6O4S/c1-24-8-11-28(21-31(24)37)43-35(45)32(48-36(43)30(22-38)34(44)39-14-15-41-16-18-47-19-17-41)20-26-23-42(27-6-4-3-5-7-27)40-33(26)25-9-12-29(46-2)13-10-25/h3-13,20-21,23H,14-19H2,1-2H3,(H,39,44). The lowest BCUT2D eigenvalue weighted by Crippen LogP contribution is -2.42. The Hall–Kier alpha value is -4.99. The molecule has 0 aliphatic carbocycles. The third-order valence-corrected chi connectivity index (χ3v) is 9.52. The van der Waals surface area contributed by atoms with Gasteiger partial charge in [-0.1, -0.05) is 35.9 Å². The predicted molar refractivity (Wildman–Crippen MR) is 187 cm³/mol. The molecule has 6 rings (SSSR count). The lowest BCUT2D eigenvalue weighted by Gasteiger charge is -2.26. The maximum Gasteiger partial charge on any atom is 0.273 e. The zero-order valence-electron chi connectivity index (χ0n) is 26.5. The monoisotopic (exact) mass is 680 g/mol. The average Bonchev–Trinajstić information content (AvgIpc) is 3.68. The van der Waals surface area contributed by atoms with Crippen molar-refractivity contribution in [2.24, 2.45) is 0 Å². The van der Waals surface area contributed by atoms with E-state index in [1.165, 1.54) is 4.57 Å². The molecular weight excluding hydrogens is 648 g/mol. The van der Waals surface area contributed by atoms with E-state index in [-0.39, 0.29) is 10.2 Å². The van der Waals surface area contributed by atoms with Gasteiger partial charge in [-0.05, 0) is 67.1 Å². The normalized spacial score (nSPS) is 14.4. The fourth-order valence-electron chi connectivity index (χ4n) is 5.36. The van der Waals surface area contributed by atoms with E-state index in [0.717, 1.165) is 41.2 Å². The Morgan fingerprint density at radius 2 is 1.85 bits per heavy atom. The number of para-hydroxylation sites is 1. The van der Waals surface area contributed by atoms with Gasteiger partial charge < -0.3 is 14.8 Å². The third-order valence-electron chi connectivity index (χ3n) is 8.02. The van der Waals surface area contributed by atoms with Crippen molar-refractivity contribution in [1.29, 1.82) is 5.26 Å². The molecule has 1 fully saturated rings. The SMILES string of the molecule is COc1ccc(-c2nn(-c3ccccc3)cc2C=c2sc(=C(C#N)C(=O)NCCN3CCOCC3)n(-c3ccc(C)c(Cl)c3)c2=O)cc1. The summed E-state index contributed by atoms with van der Waals surface area (Å²) < 4.78 is 14.4. The average molecular weight is 681 g/mol. The summed E-state index contributed by atoms with van der Waals surface area (Å²) in [7, 11) is 1.61. The molecule has 3 heterocycles. The van der Waals surface area contributed by atoms with Gasteiger partial charge in [0.25, 0.3) is 11.5 Å². The Kier molecular flexibility index (Phi) is 10.2. The smallest absolute Gasteiger partial charge is 0.273 e. The summed E-state index contributed by atoms with van der Waals surface area (Å²) in [5, 5.41) is 18.5. The van der Waals surface area contributed by atoms with Crippen molar-refractivity contribution in [3.05, 3.63) is 115 Å². The molecule has 244 valence electrons. The van der Waals surface area contributed by atoms with Crippen LogP contribution in [-0.2, 0) is 9.53 Å². The number of halogens is 1. The largest absolute Gasteiger partial charge is 0.497 e. The fourth-order valence-corrected chi connectivity index (χ4v) is 6.63. The topological polar surface area (TPSA) is 114 Å². The Balaban J connectivity index is 1.50.